The van der Waals surface area contributed by atoms with Crippen molar-refractivity contribution in [2.24, 2.45) is 0 Å². The van der Waals surface area contributed by atoms with Crippen LogP contribution in [-0.2, 0) is 0 Å². The van der Waals surface area contributed by atoms with Crippen LogP contribution < -0.4 is 5.32 Å². The fourth-order valence-electron chi connectivity index (χ4n) is 2.33. The summed E-state index contributed by atoms with van der Waals surface area (Å²) in [5.74, 6) is 0.951. The molecule has 0 saturated heterocycles. The lowest BCUT2D eigenvalue weighted by Gasteiger charge is -2.30. The van der Waals surface area contributed by atoms with Crippen molar-refractivity contribution in [1.82, 2.24) is 14.9 Å². The molecule has 0 atom stereocenters. The Balaban J connectivity index is 1.97. The van der Waals surface area contributed by atoms with E-state index < -0.39 is 0 Å². The maximum absolute atomic E-state index is 4.34. The molecule has 2 heterocycles. The van der Waals surface area contributed by atoms with Crippen molar-refractivity contribution < 1.29 is 0 Å². The average Bonchev–Trinajstić information content (AvgIpc) is 2.82. The second kappa shape index (κ2) is 6.30. The first-order valence-corrected chi connectivity index (χ1v) is 7.65. The molecule has 0 saturated carbocycles. The van der Waals surface area contributed by atoms with Crippen LogP contribution in [-0.4, -0.2) is 40.0 Å². The van der Waals surface area contributed by atoms with Crippen LogP contribution in [0.25, 0.3) is 10.2 Å². The van der Waals surface area contributed by atoms with Crippen molar-refractivity contribution >= 4 is 27.4 Å². The molecule has 2 aromatic heterocycles. The number of rotatable bonds is 6. The van der Waals surface area contributed by atoms with Crippen molar-refractivity contribution in [2.75, 3.05) is 18.4 Å². The zero-order valence-corrected chi connectivity index (χ0v) is 12.9. The SMILES string of the molecule is CC(C)N(CCNc1ncnc2ccsc12)C(C)C. The molecule has 0 radical (unpaired) electrons. The molecule has 0 unspecified atom stereocenters. The van der Waals surface area contributed by atoms with Crippen LogP contribution in [0.15, 0.2) is 17.8 Å². The van der Waals surface area contributed by atoms with Gasteiger partial charge >= 0.3 is 0 Å². The van der Waals surface area contributed by atoms with Gasteiger partial charge in [-0.3, -0.25) is 4.90 Å². The van der Waals surface area contributed by atoms with Crippen molar-refractivity contribution in [3.8, 4) is 0 Å². The molecule has 0 aliphatic carbocycles. The molecular formula is C14H22N4S. The Morgan fingerprint density at radius 2 is 1.95 bits per heavy atom. The molecule has 104 valence electrons. The zero-order valence-electron chi connectivity index (χ0n) is 12.1. The minimum atomic E-state index is 0.564. The highest BCUT2D eigenvalue weighted by molar-refractivity contribution is 7.17. The van der Waals surface area contributed by atoms with E-state index in [1.165, 1.54) is 0 Å². The van der Waals surface area contributed by atoms with E-state index in [-0.39, 0.29) is 0 Å². The lowest BCUT2D eigenvalue weighted by molar-refractivity contribution is 0.182. The largest absolute Gasteiger partial charge is 0.367 e. The van der Waals surface area contributed by atoms with Gasteiger partial charge in [0.2, 0.25) is 0 Å². The molecule has 0 aliphatic rings. The molecular weight excluding hydrogens is 256 g/mol. The Morgan fingerprint density at radius 1 is 1.21 bits per heavy atom. The van der Waals surface area contributed by atoms with Crippen LogP contribution in [0.1, 0.15) is 27.7 Å². The normalized spacial score (nSPS) is 11.9. The second-order valence-corrected chi connectivity index (χ2v) is 6.13. The van der Waals surface area contributed by atoms with Crippen LogP contribution in [0.2, 0.25) is 0 Å². The van der Waals surface area contributed by atoms with E-state index in [9.17, 15) is 0 Å². The summed E-state index contributed by atoms with van der Waals surface area (Å²) in [6.07, 6.45) is 1.63. The second-order valence-electron chi connectivity index (χ2n) is 5.21. The maximum Gasteiger partial charge on any atom is 0.147 e. The van der Waals surface area contributed by atoms with Gasteiger partial charge in [0.1, 0.15) is 12.1 Å². The maximum atomic E-state index is 4.34. The van der Waals surface area contributed by atoms with Gasteiger partial charge in [-0.05, 0) is 39.1 Å². The predicted molar refractivity (Wildman–Crippen MR) is 82.9 cm³/mol. The van der Waals surface area contributed by atoms with Gasteiger partial charge in [-0.25, -0.2) is 9.97 Å². The molecule has 19 heavy (non-hydrogen) atoms. The van der Waals surface area contributed by atoms with Crippen molar-refractivity contribution in [2.45, 2.75) is 39.8 Å². The average molecular weight is 278 g/mol. The Morgan fingerprint density at radius 3 is 2.63 bits per heavy atom. The third-order valence-electron chi connectivity index (χ3n) is 3.23. The molecule has 2 aromatic rings. The highest BCUT2D eigenvalue weighted by Gasteiger charge is 2.13. The van der Waals surface area contributed by atoms with Gasteiger partial charge in [-0.15, -0.1) is 11.3 Å². The van der Waals surface area contributed by atoms with E-state index >= 15 is 0 Å². The van der Waals surface area contributed by atoms with Gasteiger partial charge < -0.3 is 5.32 Å². The molecule has 0 aliphatic heterocycles. The number of nitrogens with one attached hydrogen (secondary N) is 1. The van der Waals surface area contributed by atoms with E-state index in [1.807, 2.05) is 6.07 Å². The first-order valence-electron chi connectivity index (χ1n) is 6.77. The third-order valence-corrected chi connectivity index (χ3v) is 4.14. The summed E-state index contributed by atoms with van der Waals surface area (Å²) in [6, 6.07) is 3.16. The Hall–Kier alpha value is -1.20. The van der Waals surface area contributed by atoms with E-state index in [0.717, 1.165) is 29.1 Å². The molecule has 0 spiro atoms. The minimum absolute atomic E-state index is 0.564. The molecule has 5 heteroatoms. The van der Waals surface area contributed by atoms with E-state index in [2.05, 4.69) is 53.3 Å². The van der Waals surface area contributed by atoms with Crippen molar-refractivity contribution in [3.05, 3.63) is 17.8 Å². The smallest absolute Gasteiger partial charge is 0.147 e. The summed E-state index contributed by atoms with van der Waals surface area (Å²) in [7, 11) is 0. The topological polar surface area (TPSA) is 41.0 Å². The van der Waals surface area contributed by atoms with Gasteiger partial charge in [0.15, 0.2) is 0 Å². The van der Waals surface area contributed by atoms with Crippen LogP contribution in [0.3, 0.4) is 0 Å². The molecule has 4 nitrogen and oxygen atoms in total. The zero-order chi connectivity index (χ0) is 13.8. The molecule has 2 rings (SSSR count). The number of hydrogen-bond acceptors (Lipinski definition) is 5. The van der Waals surface area contributed by atoms with E-state index in [4.69, 9.17) is 0 Å². The van der Waals surface area contributed by atoms with Crippen molar-refractivity contribution in [1.29, 1.82) is 0 Å². The first kappa shape index (κ1) is 14.2. The minimum Gasteiger partial charge on any atom is -0.367 e. The van der Waals surface area contributed by atoms with Crippen LogP contribution in [0.4, 0.5) is 5.82 Å². The summed E-state index contributed by atoms with van der Waals surface area (Å²) >= 11 is 1.68. The van der Waals surface area contributed by atoms with Gasteiger partial charge in [-0.2, -0.15) is 0 Å². The quantitative estimate of drug-likeness (QED) is 0.881. The molecule has 0 fully saturated rings. The highest BCUT2D eigenvalue weighted by Crippen LogP contribution is 2.24. The molecule has 0 aromatic carbocycles. The van der Waals surface area contributed by atoms with Crippen LogP contribution >= 0.6 is 11.3 Å². The monoisotopic (exact) mass is 278 g/mol. The fourth-order valence-corrected chi connectivity index (χ4v) is 3.14. The number of fused-ring (bicyclic) bond motifs is 1. The van der Waals surface area contributed by atoms with E-state index in [1.54, 1.807) is 17.7 Å². The number of nitrogens with zero attached hydrogens (tertiary/aromatic N) is 3. The number of anilines is 1. The van der Waals surface area contributed by atoms with Gasteiger partial charge in [0, 0.05) is 25.2 Å². The number of hydrogen-bond donors (Lipinski definition) is 1. The highest BCUT2D eigenvalue weighted by atomic mass is 32.1. The Labute approximate surface area is 118 Å². The van der Waals surface area contributed by atoms with Gasteiger partial charge in [-0.1, -0.05) is 0 Å². The number of thiophene rings is 1. The molecule has 0 amide bonds. The van der Waals surface area contributed by atoms with E-state index in [0.29, 0.717) is 12.1 Å². The summed E-state index contributed by atoms with van der Waals surface area (Å²) in [6.45, 7) is 10.9. The Kier molecular flexibility index (Phi) is 4.71. The molecule has 1 N–H and O–H groups in total. The summed E-state index contributed by atoms with van der Waals surface area (Å²) in [4.78, 5) is 11.1. The van der Waals surface area contributed by atoms with Gasteiger partial charge in [0.25, 0.3) is 0 Å². The molecule has 0 bridgehead atoms. The lowest BCUT2D eigenvalue weighted by Crippen LogP contribution is -2.40. The summed E-state index contributed by atoms with van der Waals surface area (Å²) < 4.78 is 1.14. The third kappa shape index (κ3) is 3.42. The van der Waals surface area contributed by atoms with Crippen molar-refractivity contribution in [3.63, 3.8) is 0 Å². The van der Waals surface area contributed by atoms with Crippen LogP contribution in [0, 0.1) is 0 Å². The predicted octanol–water partition coefficient (Wildman–Crippen LogP) is 3.22. The number of aromatic nitrogens is 2. The fraction of sp³-hybridized carbons (Fsp3) is 0.571. The summed E-state index contributed by atoms with van der Waals surface area (Å²) in [5.41, 5.74) is 1.02. The first-order chi connectivity index (χ1) is 9.09. The lowest BCUT2D eigenvalue weighted by atomic mass is 10.2. The van der Waals surface area contributed by atoms with Crippen LogP contribution in [0.5, 0.6) is 0 Å². The van der Waals surface area contributed by atoms with Gasteiger partial charge in [0.05, 0.1) is 10.2 Å². The summed E-state index contributed by atoms with van der Waals surface area (Å²) in [5, 5.41) is 5.49. The standard InChI is InChI=1S/C14H22N4S/c1-10(2)18(11(3)4)7-6-15-14-13-12(5-8-19-13)16-9-17-14/h5,8-11H,6-7H2,1-4H3,(H,15,16,17). The Bertz CT molecular complexity index is 513.